The molecule has 4 rings (SSSR count). The van der Waals surface area contributed by atoms with Crippen molar-refractivity contribution >= 4 is 16.5 Å². The molecule has 1 aliphatic rings. The highest BCUT2D eigenvalue weighted by molar-refractivity contribution is 6.18. The van der Waals surface area contributed by atoms with Crippen molar-refractivity contribution in [1.82, 2.24) is 0 Å². The third kappa shape index (κ3) is 2.50. The fourth-order valence-corrected chi connectivity index (χ4v) is 3.53. The zero-order valence-corrected chi connectivity index (χ0v) is 13.1. The van der Waals surface area contributed by atoms with Crippen molar-refractivity contribution < 1.29 is 9.68 Å². The summed E-state index contributed by atoms with van der Waals surface area (Å²) >= 11 is 0. The van der Waals surface area contributed by atoms with Crippen LogP contribution in [-0.4, -0.2) is 28.5 Å². The highest BCUT2D eigenvalue weighted by Crippen LogP contribution is 2.30. The van der Waals surface area contributed by atoms with Gasteiger partial charge in [0.25, 0.3) is 0 Å². The van der Waals surface area contributed by atoms with Crippen molar-refractivity contribution in [2.24, 2.45) is 0 Å². The lowest BCUT2D eigenvalue weighted by molar-refractivity contribution is -0.505. The molecule has 0 aliphatic carbocycles. The van der Waals surface area contributed by atoms with Crippen LogP contribution in [0, 0.1) is 0 Å². The Morgan fingerprint density at radius 2 is 1.48 bits per heavy atom. The normalized spacial score (nSPS) is 14.3. The molecule has 1 aliphatic heterocycles. The number of hydrogen-bond donors (Lipinski definition) is 1. The van der Waals surface area contributed by atoms with Gasteiger partial charge in [0.15, 0.2) is 0 Å². The third-order valence-corrected chi connectivity index (χ3v) is 4.61. The second kappa shape index (κ2) is 5.88. The van der Waals surface area contributed by atoms with E-state index in [0.29, 0.717) is 5.75 Å². The minimum absolute atomic E-state index is 0.356. The summed E-state index contributed by atoms with van der Waals surface area (Å²) in [4.78, 5) is 0. The Kier molecular flexibility index (Phi) is 3.58. The molecule has 0 unspecified atom stereocenters. The van der Waals surface area contributed by atoms with Gasteiger partial charge in [-0.2, -0.15) is 0 Å². The van der Waals surface area contributed by atoms with E-state index in [4.69, 9.17) is 0 Å². The molecule has 3 aromatic carbocycles. The maximum atomic E-state index is 10.7. The van der Waals surface area contributed by atoms with E-state index >= 15 is 0 Å². The first-order valence-electron chi connectivity index (χ1n) is 8.23. The average molecular weight is 302 g/mol. The second-order valence-corrected chi connectivity index (χ2v) is 6.09. The molecule has 0 spiro atoms. The number of nitrogens with zero attached hydrogens (tertiary/aromatic N) is 1. The van der Waals surface area contributed by atoms with Crippen LogP contribution in [0.25, 0.3) is 10.8 Å². The van der Waals surface area contributed by atoms with Crippen LogP contribution in [0.2, 0.25) is 0 Å². The molecule has 0 radical (unpaired) electrons. The first kappa shape index (κ1) is 14.0. The lowest BCUT2D eigenvalue weighted by Crippen LogP contribution is -2.21. The maximum Gasteiger partial charge on any atom is 0.218 e. The standard InChI is InChI=1S/C21H19NO/c23-19-13-12-16-8-4-5-11-18(16)20(19)21(22-14-6-7-15-22)17-9-2-1-3-10-17/h1-5,8-13H,6-7,14-15H2/p+1. The van der Waals surface area contributed by atoms with Crippen molar-refractivity contribution in [3.8, 4) is 5.75 Å². The molecule has 114 valence electrons. The summed E-state index contributed by atoms with van der Waals surface area (Å²) in [5.74, 6) is 0.356. The van der Waals surface area contributed by atoms with Gasteiger partial charge < -0.3 is 5.11 Å². The van der Waals surface area contributed by atoms with Crippen LogP contribution in [-0.2, 0) is 0 Å². The average Bonchev–Trinajstić information content (AvgIpc) is 3.12. The minimum atomic E-state index is 0.356. The predicted octanol–water partition coefficient (Wildman–Crippen LogP) is 4.19. The number of fused-ring (bicyclic) bond motifs is 1. The maximum absolute atomic E-state index is 10.7. The Morgan fingerprint density at radius 3 is 2.26 bits per heavy atom. The number of hydrogen-bond acceptors (Lipinski definition) is 1. The number of rotatable bonds is 2. The zero-order valence-electron chi connectivity index (χ0n) is 13.1. The quantitative estimate of drug-likeness (QED) is 0.705. The van der Waals surface area contributed by atoms with Crippen molar-refractivity contribution in [3.63, 3.8) is 0 Å². The Hall–Kier alpha value is -2.61. The summed E-state index contributed by atoms with van der Waals surface area (Å²) in [5, 5.41) is 12.9. The second-order valence-electron chi connectivity index (χ2n) is 6.09. The lowest BCUT2D eigenvalue weighted by Gasteiger charge is -2.12. The smallest absolute Gasteiger partial charge is 0.218 e. The molecule has 1 fully saturated rings. The molecule has 1 N–H and O–H groups in total. The first-order chi connectivity index (χ1) is 11.3. The van der Waals surface area contributed by atoms with E-state index in [1.807, 2.05) is 30.3 Å². The summed E-state index contributed by atoms with van der Waals surface area (Å²) in [5.41, 5.74) is 3.27. The molecule has 2 heteroatoms. The van der Waals surface area contributed by atoms with Crippen molar-refractivity contribution in [2.75, 3.05) is 13.1 Å². The van der Waals surface area contributed by atoms with Crippen LogP contribution >= 0.6 is 0 Å². The number of phenolic OH excluding ortho intramolecular Hbond substituents is 1. The van der Waals surface area contributed by atoms with Gasteiger partial charge in [-0.05, 0) is 29.0 Å². The largest absolute Gasteiger partial charge is 0.507 e. The molecule has 0 amide bonds. The van der Waals surface area contributed by atoms with Gasteiger partial charge >= 0.3 is 0 Å². The van der Waals surface area contributed by atoms with Crippen LogP contribution in [0.4, 0.5) is 0 Å². The number of benzene rings is 3. The van der Waals surface area contributed by atoms with Gasteiger partial charge in [0.05, 0.1) is 5.56 Å². The molecule has 0 atom stereocenters. The summed E-state index contributed by atoms with van der Waals surface area (Å²) in [6, 6.07) is 22.5. The van der Waals surface area contributed by atoms with Gasteiger partial charge in [-0.25, -0.2) is 4.58 Å². The Morgan fingerprint density at radius 1 is 0.783 bits per heavy atom. The molecule has 0 saturated carbocycles. The fraction of sp³-hybridized carbons (Fsp3) is 0.190. The van der Waals surface area contributed by atoms with E-state index in [9.17, 15) is 5.11 Å². The highest BCUT2D eigenvalue weighted by Gasteiger charge is 2.26. The molecule has 0 aromatic heterocycles. The molecular weight excluding hydrogens is 282 g/mol. The van der Waals surface area contributed by atoms with E-state index < -0.39 is 0 Å². The van der Waals surface area contributed by atoms with Crippen molar-refractivity contribution in [2.45, 2.75) is 12.8 Å². The van der Waals surface area contributed by atoms with E-state index in [-0.39, 0.29) is 0 Å². The minimum Gasteiger partial charge on any atom is -0.507 e. The molecule has 1 heterocycles. The Balaban J connectivity index is 2.06. The van der Waals surface area contributed by atoms with Crippen molar-refractivity contribution in [3.05, 3.63) is 77.9 Å². The summed E-state index contributed by atoms with van der Waals surface area (Å²) in [6.07, 6.45) is 2.42. The molecule has 2 nitrogen and oxygen atoms in total. The first-order valence-corrected chi connectivity index (χ1v) is 8.23. The summed E-state index contributed by atoms with van der Waals surface area (Å²) in [7, 11) is 0. The monoisotopic (exact) mass is 302 g/mol. The van der Waals surface area contributed by atoms with Crippen molar-refractivity contribution in [1.29, 1.82) is 0 Å². The van der Waals surface area contributed by atoms with Gasteiger partial charge in [-0.1, -0.05) is 48.5 Å². The van der Waals surface area contributed by atoms with E-state index in [0.717, 1.165) is 35.1 Å². The zero-order chi connectivity index (χ0) is 15.6. The van der Waals surface area contributed by atoms with Gasteiger partial charge in [0.2, 0.25) is 5.71 Å². The fourth-order valence-electron chi connectivity index (χ4n) is 3.53. The molecule has 1 saturated heterocycles. The molecule has 3 aromatic rings. The molecule has 0 bridgehead atoms. The topological polar surface area (TPSA) is 23.2 Å². The van der Waals surface area contributed by atoms with E-state index in [2.05, 4.69) is 41.0 Å². The Bertz CT molecular complexity index is 873. The molecular formula is C21H20NO+. The van der Waals surface area contributed by atoms with Crippen LogP contribution in [0.1, 0.15) is 24.0 Å². The van der Waals surface area contributed by atoms with Gasteiger partial charge in [-0.3, -0.25) is 0 Å². The lowest BCUT2D eigenvalue weighted by atomic mass is 9.95. The van der Waals surface area contributed by atoms with Crippen LogP contribution in [0.3, 0.4) is 0 Å². The van der Waals surface area contributed by atoms with Crippen LogP contribution in [0.15, 0.2) is 66.7 Å². The van der Waals surface area contributed by atoms with Gasteiger partial charge in [0.1, 0.15) is 18.8 Å². The summed E-state index contributed by atoms with van der Waals surface area (Å²) < 4.78 is 2.41. The van der Waals surface area contributed by atoms with Crippen LogP contribution < -0.4 is 0 Å². The van der Waals surface area contributed by atoms with Gasteiger partial charge in [-0.15, -0.1) is 0 Å². The SMILES string of the molecule is Oc1ccc2ccccc2c1C(c1ccccc1)=[N+]1CCCC1. The number of phenols is 1. The van der Waals surface area contributed by atoms with Gasteiger partial charge in [0, 0.05) is 18.4 Å². The predicted molar refractivity (Wildman–Crippen MR) is 94.5 cm³/mol. The Labute approximate surface area is 136 Å². The van der Waals surface area contributed by atoms with Crippen LogP contribution in [0.5, 0.6) is 5.75 Å². The molecule has 23 heavy (non-hydrogen) atoms. The number of aromatic hydroxyl groups is 1. The van der Waals surface area contributed by atoms with E-state index in [1.165, 1.54) is 18.4 Å². The third-order valence-electron chi connectivity index (χ3n) is 4.61. The van der Waals surface area contributed by atoms with E-state index in [1.54, 1.807) is 0 Å². The summed E-state index contributed by atoms with van der Waals surface area (Å²) in [6.45, 7) is 2.10. The highest BCUT2D eigenvalue weighted by atomic mass is 16.3.